The molecule has 0 bridgehead atoms. The molecule has 0 saturated carbocycles. The fourth-order valence-corrected chi connectivity index (χ4v) is 1.80. The van der Waals surface area contributed by atoms with Gasteiger partial charge in [0.2, 0.25) is 5.91 Å². The van der Waals surface area contributed by atoms with Gasteiger partial charge in [0, 0.05) is 20.8 Å². The second-order valence-electron chi connectivity index (χ2n) is 4.80. The van der Waals surface area contributed by atoms with Gasteiger partial charge in [0.05, 0.1) is 12.6 Å². The lowest BCUT2D eigenvalue weighted by Gasteiger charge is -2.21. The molecule has 1 unspecified atom stereocenters. The van der Waals surface area contributed by atoms with E-state index < -0.39 is 6.04 Å². The van der Waals surface area contributed by atoms with E-state index in [1.54, 1.807) is 31.2 Å². The maximum Gasteiger partial charge on any atom is 0.239 e. The number of rotatable bonds is 9. The first-order chi connectivity index (χ1) is 10.0. The third-order valence-electron chi connectivity index (χ3n) is 3.07. The molecule has 0 fully saturated rings. The second-order valence-corrected chi connectivity index (χ2v) is 4.80. The third kappa shape index (κ3) is 6.55. The molecule has 6 heteroatoms. The first-order valence-corrected chi connectivity index (χ1v) is 6.92. The lowest BCUT2D eigenvalue weighted by Crippen LogP contribution is -2.43. The lowest BCUT2D eigenvalue weighted by molar-refractivity contribution is -0.131. The van der Waals surface area contributed by atoms with Gasteiger partial charge < -0.3 is 20.1 Å². The molecule has 0 aliphatic carbocycles. The quantitative estimate of drug-likeness (QED) is 0.700. The minimum Gasteiger partial charge on any atom is -0.492 e. The molecule has 1 amide bonds. The van der Waals surface area contributed by atoms with Crippen LogP contribution in [0.5, 0.6) is 5.75 Å². The molecule has 0 radical (unpaired) electrons. The summed E-state index contributed by atoms with van der Waals surface area (Å²) in [6, 6.07) is 5.24. The Morgan fingerprint density at radius 1 is 1.33 bits per heavy atom. The Bertz CT molecular complexity index is 425. The number of halogens is 1. The van der Waals surface area contributed by atoms with Gasteiger partial charge in [-0.1, -0.05) is 0 Å². The van der Waals surface area contributed by atoms with Gasteiger partial charge in [-0.25, -0.2) is 4.39 Å². The average Bonchev–Trinajstić information content (AvgIpc) is 2.48. The number of nitrogens with two attached hydrogens (primary N) is 1. The number of amides is 1. The first kappa shape index (κ1) is 17.4. The second kappa shape index (κ2) is 9.31. The molecule has 0 heterocycles. The third-order valence-corrected chi connectivity index (χ3v) is 3.07. The van der Waals surface area contributed by atoms with E-state index >= 15 is 0 Å². The minimum atomic E-state index is -0.518. The molecule has 2 N–H and O–H groups in total. The smallest absolute Gasteiger partial charge is 0.239 e. The van der Waals surface area contributed by atoms with Crippen LogP contribution in [0.2, 0.25) is 0 Å². The Morgan fingerprint density at radius 2 is 2.00 bits per heavy atom. The SMILES string of the molecule is COCCCC(N)C(=O)N(C)CCOc1ccc(F)cc1. The Balaban J connectivity index is 2.27. The summed E-state index contributed by atoms with van der Waals surface area (Å²) >= 11 is 0. The number of methoxy groups -OCH3 is 1. The Morgan fingerprint density at radius 3 is 2.62 bits per heavy atom. The van der Waals surface area contributed by atoms with Crippen molar-refractivity contribution in [2.24, 2.45) is 5.73 Å². The van der Waals surface area contributed by atoms with Gasteiger partial charge in [0.15, 0.2) is 0 Å². The van der Waals surface area contributed by atoms with Crippen LogP contribution in [0.4, 0.5) is 4.39 Å². The van der Waals surface area contributed by atoms with Crippen molar-refractivity contribution < 1.29 is 18.7 Å². The maximum atomic E-state index is 12.7. The molecule has 5 nitrogen and oxygen atoms in total. The van der Waals surface area contributed by atoms with Crippen molar-refractivity contribution in [2.45, 2.75) is 18.9 Å². The standard InChI is InChI=1S/C15H23FN2O3/c1-18(15(19)14(17)4-3-10-20-2)9-11-21-13-7-5-12(16)6-8-13/h5-8,14H,3-4,9-11,17H2,1-2H3. The van der Waals surface area contributed by atoms with Crippen LogP contribution in [0.3, 0.4) is 0 Å². The van der Waals surface area contributed by atoms with Gasteiger partial charge in [-0.3, -0.25) is 4.79 Å². The van der Waals surface area contributed by atoms with Crippen molar-refractivity contribution in [3.63, 3.8) is 0 Å². The lowest BCUT2D eigenvalue weighted by atomic mass is 10.1. The number of ether oxygens (including phenoxy) is 2. The number of benzene rings is 1. The summed E-state index contributed by atoms with van der Waals surface area (Å²) in [4.78, 5) is 13.5. The molecule has 1 rings (SSSR count). The monoisotopic (exact) mass is 298 g/mol. The van der Waals surface area contributed by atoms with Crippen LogP contribution in [-0.4, -0.2) is 50.8 Å². The van der Waals surface area contributed by atoms with Crippen LogP contribution in [0, 0.1) is 5.82 Å². The molecule has 0 aromatic heterocycles. The number of carbonyl (C=O) groups excluding carboxylic acids is 1. The molecule has 1 aromatic rings. The average molecular weight is 298 g/mol. The highest BCUT2D eigenvalue weighted by Gasteiger charge is 2.17. The van der Waals surface area contributed by atoms with E-state index in [1.807, 2.05) is 0 Å². The maximum absolute atomic E-state index is 12.7. The predicted molar refractivity (Wildman–Crippen MR) is 78.6 cm³/mol. The van der Waals surface area contributed by atoms with Gasteiger partial charge >= 0.3 is 0 Å². The number of hydrogen-bond acceptors (Lipinski definition) is 4. The topological polar surface area (TPSA) is 64.8 Å². The number of carbonyl (C=O) groups is 1. The summed E-state index contributed by atoms with van der Waals surface area (Å²) in [5, 5.41) is 0. The summed E-state index contributed by atoms with van der Waals surface area (Å²) in [6.07, 6.45) is 1.35. The van der Waals surface area contributed by atoms with E-state index in [2.05, 4.69) is 0 Å². The predicted octanol–water partition coefficient (Wildman–Crippen LogP) is 1.42. The van der Waals surface area contributed by atoms with Crippen LogP contribution in [0.15, 0.2) is 24.3 Å². The van der Waals surface area contributed by atoms with Crippen LogP contribution in [-0.2, 0) is 9.53 Å². The summed E-state index contributed by atoms with van der Waals surface area (Å²) in [5.74, 6) is 0.145. The van der Waals surface area contributed by atoms with E-state index in [9.17, 15) is 9.18 Å². The summed E-state index contributed by atoms with van der Waals surface area (Å²) in [6.45, 7) is 1.35. The van der Waals surface area contributed by atoms with Gasteiger partial charge in [-0.15, -0.1) is 0 Å². The van der Waals surface area contributed by atoms with E-state index in [0.29, 0.717) is 31.9 Å². The molecule has 1 aromatic carbocycles. The van der Waals surface area contributed by atoms with Crippen LogP contribution < -0.4 is 10.5 Å². The fraction of sp³-hybridized carbons (Fsp3) is 0.533. The Kier molecular flexibility index (Phi) is 7.71. The molecule has 1 atom stereocenters. The van der Waals surface area contributed by atoms with Crippen LogP contribution >= 0.6 is 0 Å². The molecule has 118 valence electrons. The molecule has 0 aliphatic rings. The van der Waals surface area contributed by atoms with E-state index in [0.717, 1.165) is 6.42 Å². The molecular formula is C15H23FN2O3. The zero-order valence-electron chi connectivity index (χ0n) is 12.5. The Labute approximate surface area is 124 Å². The van der Waals surface area contributed by atoms with Crippen molar-refractivity contribution >= 4 is 5.91 Å². The summed E-state index contributed by atoms with van der Waals surface area (Å²) in [5.41, 5.74) is 5.83. The van der Waals surface area contributed by atoms with Gasteiger partial charge in [-0.05, 0) is 37.1 Å². The van der Waals surface area contributed by atoms with Crippen molar-refractivity contribution in [3.8, 4) is 5.75 Å². The molecule has 0 aliphatic heterocycles. The van der Waals surface area contributed by atoms with E-state index in [1.165, 1.54) is 12.1 Å². The zero-order valence-corrected chi connectivity index (χ0v) is 12.5. The number of likely N-dealkylation sites (N-methyl/N-ethyl adjacent to an activating group) is 1. The van der Waals surface area contributed by atoms with Crippen LogP contribution in [0.1, 0.15) is 12.8 Å². The molecule has 0 spiro atoms. The zero-order chi connectivity index (χ0) is 15.7. The molecule has 21 heavy (non-hydrogen) atoms. The number of hydrogen-bond donors (Lipinski definition) is 1. The highest BCUT2D eigenvalue weighted by Crippen LogP contribution is 2.10. The highest BCUT2D eigenvalue weighted by atomic mass is 19.1. The number of nitrogens with zero attached hydrogens (tertiary/aromatic N) is 1. The fourth-order valence-electron chi connectivity index (χ4n) is 1.80. The van der Waals surface area contributed by atoms with Crippen molar-refractivity contribution in [3.05, 3.63) is 30.1 Å². The Hall–Kier alpha value is -1.66. The van der Waals surface area contributed by atoms with Gasteiger partial charge in [0.1, 0.15) is 18.2 Å². The first-order valence-electron chi connectivity index (χ1n) is 6.92. The highest BCUT2D eigenvalue weighted by molar-refractivity contribution is 5.81. The normalized spacial score (nSPS) is 12.0. The van der Waals surface area contributed by atoms with Crippen molar-refractivity contribution in [2.75, 3.05) is 33.9 Å². The van der Waals surface area contributed by atoms with Gasteiger partial charge in [0.25, 0.3) is 0 Å². The minimum absolute atomic E-state index is 0.117. The van der Waals surface area contributed by atoms with Crippen molar-refractivity contribution in [1.29, 1.82) is 0 Å². The van der Waals surface area contributed by atoms with Gasteiger partial charge in [-0.2, -0.15) is 0 Å². The summed E-state index contributed by atoms with van der Waals surface area (Å²) in [7, 11) is 3.30. The van der Waals surface area contributed by atoms with Crippen LogP contribution in [0.25, 0.3) is 0 Å². The van der Waals surface area contributed by atoms with E-state index in [4.69, 9.17) is 15.2 Å². The molecular weight excluding hydrogens is 275 g/mol. The summed E-state index contributed by atoms with van der Waals surface area (Å²) < 4.78 is 23.1. The molecule has 0 saturated heterocycles. The largest absolute Gasteiger partial charge is 0.492 e. The van der Waals surface area contributed by atoms with Crippen molar-refractivity contribution in [1.82, 2.24) is 4.90 Å². The van der Waals surface area contributed by atoms with E-state index in [-0.39, 0.29) is 11.7 Å².